The maximum absolute atomic E-state index is 12.8. The quantitative estimate of drug-likeness (QED) is 0.865. The fourth-order valence-electron chi connectivity index (χ4n) is 2.61. The summed E-state index contributed by atoms with van der Waals surface area (Å²) in [6.07, 6.45) is 2.30. The maximum Gasteiger partial charge on any atom is 0.123 e. The molecule has 1 N–H and O–H groups in total. The summed E-state index contributed by atoms with van der Waals surface area (Å²) < 4.78 is 12.8. The van der Waals surface area contributed by atoms with E-state index in [2.05, 4.69) is 29.6 Å². The van der Waals surface area contributed by atoms with E-state index in [4.69, 9.17) is 0 Å². The molecule has 2 aromatic carbocycles. The molecular formula is C16H16FN. The summed E-state index contributed by atoms with van der Waals surface area (Å²) in [4.78, 5) is 0. The van der Waals surface area contributed by atoms with Crippen LogP contribution in [-0.4, -0.2) is 0 Å². The van der Waals surface area contributed by atoms with Crippen molar-refractivity contribution in [2.45, 2.75) is 25.4 Å². The van der Waals surface area contributed by atoms with Gasteiger partial charge in [-0.05, 0) is 41.7 Å². The van der Waals surface area contributed by atoms with E-state index in [9.17, 15) is 4.39 Å². The van der Waals surface area contributed by atoms with Crippen molar-refractivity contribution in [3.8, 4) is 0 Å². The van der Waals surface area contributed by atoms with E-state index < -0.39 is 0 Å². The van der Waals surface area contributed by atoms with Crippen LogP contribution < -0.4 is 5.32 Å². The van der Waals surface area contributed by atoms with Crippen LogP contribution >= 0.6 is 0 Å². The van der Waals surface area contributed by atoms with Gasteiger partial charge in [0.05, 0.1) is 0 Å². The summed E-state index contributed by atoms with van der Waals surface area (Å²) in [7, 11) is 0. The minimum atomic E-state index is -0.176. The van der Waals surface area contributed by atoms with Crippen LogP contribution in [0, 0.1) is 5.82 Å². The molecule has 0 saturated carbocycles. The Bertz CT molecular complexity index is 533. The zero-order valence-electron chi connectivity index (χ0n) is 10.2. The molecule has 0 heterocycles. The van der Waals surface area contributed by atoms with Gasteiger partial charge in [0.1, 0.15) is 5.82 Å². The Morgan fingerprint density at radius 1 is 1.06 bits per heavy atom. The third-order valence-corrected chi connectivity index (χ3v) is 3.60. The SMILES string of the molecule is Fc1ccc(CNC2CCc3ccccc32)cc1. The summed E-state index contributed by atoms with van der Waals surface area (Å²) in [5, 5.41) is 3.55. The Kier molecular flexibility index (Phi) is 3.11. The lowest BCUT2D eigenvalue weighted by Gasteiger charge is -2.14. The van der Waals surface area contributed by atoms with E-state index in [0.717, 1.165) is 24.9 Å². The molecule has 2 aromatic rings. The molecule has 0 amide bonds. The lowest BCUT2D eigenvalue weighted by Crippen LogP contribution is -2.18. The molecule has 0 aromatic heterocycles. The van der Waals surface area contributed by atoms with Crippen molar-refractivity contribution in [2.24, 2.45) is 0 Å². The first-order valence-electron chi connectivity index (χ1n) is 6.38. The van der Waals surface area contributed by atoms with E-state index in [-0.39, 0.29) is 5.82 Å². The second-order valence-corrected chi connectivity index (χ2v) is 4.80. The van der Waals surface area contributed by atoms with Crippen LogP contribution in [0.15, 0.2) is 48.5 Å². The smallest absolute Gasteiger partial charge is 0.123 e. The topological polar surface area (TPSA) is 12.0 Å². The lowest BCUT2D eigenvalue weighted by molar-refractivity contribution is 0.529. The van der Waals surface area contributed by atoms with Gasteiger partial charge in [0.15, 0.2) is 0 Å². The lowest BCUT2D eigenvalue weighted by atomic mass is 10.1. The molecule has 1 unspecified atom stereocenters. The van der Waals surface area contributed by atoms with E-state index in [1.54, 1.807) is 0 Å². The van der Waals surface area contributed by atoms with Crippen molar-refractivity contribution in [3.05, 3.63) is 71.0 Å². The molecular weight excluding hydrogens is 225 g/mol. The van der Waals surface area contributed by atoms with Gasteiger partial charge < -0.3 is 5.32 Å². The van der Waals surface area contributed by atoms with E-state index in [0.29, 0.717) is 6.04 Å². The number of rotatable bonds is 3. The highest BCUT2D eigenvalue weighted by Gasteiger charge is 2.20. The molecule has 0 spiro atoms. The standard InChI is InChI=1S/C16H16FN/c17-14-8-5-12(6-9-14)11-18-16-10-7-13-3-1-2-4-15(13)16/h1-6,8-9,16,18H,7,10-11H2. The molecule has 0 radical (unpaired) electrons. The van der Waals surface area contributed by atoms with Crippen LogP contribution in [0.2, 0.25) is 0 Å². The molecule has 92 valence electrons. The van der Waals surface area contributed by atoms with Gasteiger partial charge >= 0.3 is 0 Å². The van der Waals surface area contributed by atoms with Gasteiger partial charge in [-0.25, -0.2) is 4.39 Å². The third kappa shape index (κ3) is 2.29. The number of aryl methyl sites for hydroxylation is 1. The molecule has 0 bridgehead atoms. The summed E-state index contributed by atoms with van der Waals surface area (Å²) in [5.74, 6) is -0.176. The normalized spacial score (nSPS) is 17.7. The number of hydrogen-bond acceptors (Lipinski definition) is 1. The van der Waals surface area contributed by atoms with Crippen molar-refractivity contribution in [1.82, 2.24) is 5.32 Å². The van der Waals surface area contributed by atoms with Gasteiger partial charge in [-0.1, -0.05) is 36.4 Å². The Labute approximate surface area is 107 Å². The van der Waals surface area contributed by atoms with E-state index in [1.165, 1.54) is 23.3 Å². The minimum absolute atomic E-state index is 0.176. The number of nitrogens with one attached hydrogen (secondary N) is 1. The van der Waals surface area contributed by atoms with Crippen molar-refractivity contribution < 1.29 is 4.39 Å². The molecule has 1 nitrogen and oxygen atoms in total. The zero-order valence-corrected chi connectivity index (χ0v) is 10.2. The highest BCUT2D eigenvalue weighted by molar-refractivity contribution is 5.34. The zero-order chi connectivity index (χ0) is 12.4. The second kappa shape index (κ2) is 4.91. The van der Waals surface area contributed by atoms with Crippen molar-refractivity contribution >= 4 is 0 Å². The fraction of sp³-hybridized carbons (Fsp3) is 0.250. The summed E-state index contributed by atoms with van der Waals surface area (Å²) in [5.41, 5.74) is 3.99. The van der Waals surface area contributed by atoms with Crippen molar-refractivity contribution in [2.75, 3.05) is 0 Å². The highest BCUT2D eigenvalue weighted by Crippen LogP contribution is 2.30. The summed E-state index contributed by atoms with van der Waals surface area (Å²) in [6.45, 7) is 0.791. The van der Waals surface area contributed by atoms with Gasteiger partial charge in [0.2, 0.25) is 0 Å². The molecule has 1 atom stereocenters. The van der Waals surface area contributed by atoms with Crippen molar-refractivity contribution in [1.29, 1.82) is 0 Å². The molecule has 0 fully saturated rings. The number of halogens is 1. The van der Waals surface area contributed by atoms with Gasteiger partial charge in [0.25, 0.3) is 0 Å². The number of benzene rings is 2. The summed E-state index contributed by atoms with van der Waals surface area (Å²) in [6, 6.07) is 15.7. The first-order chi connectivity index (χ1) is 8.83. The third-order valence-electron chi connectivity index (χ3n) is 3.60. The van der Waals surface area contributed by atoms with Crippen molar-refractivity contribution in [3.63, 3.8) is 0 Å². The van der Waals surface area contributed by atoms with Crippen LogP contribution in [0.5, 0.6) is 0 Å². The van der Waals surface area contributed by atoms with Crippen LogP contribution in [0.4, 0.5) is 4.39 Å². The minimum Gasteiger partial charge on any atom is -0.306 e. The van der Waals surface area contributed by atoms with E-state index in [1.807, 2.05) is 12.1 Å². The highest BCUT2D eigenvalue weighted by atomic mass is 19.1. The molecule has 1 aliphatic rings. The van der Waals surface area contributed by atoms with Crippen LogP contribution in [0.25, 0.3) is 0 Å². The number of fused-ring (bicyclic) bond motifs is 1. The average molecular weight is 241 g/mol. The molecule has 0 saturated heterocycles. The average Bonchev–Trinajstić information content (AvgIpc) is 2.82. The Morgan fingerprint density at radius 2 is 1.83 bits per heavy atom. The van der Waals surface area contributed by atoms with Crippen LogP contribution in [0.3, 0.4) is 0 Å². The Morgan fingerprint density at radius 3 is 2.67 bits per heavy atom. The molecule has 18 heavy (non-hydrogen) atoms. The molecule has 0 aliphatic heterocycles. The number of hydrogen-bond donors (Lipinski definition) is 1. The van der Waals surface area contributed by atoms with Gasteiger partial charge in [0, 0.05) is 12.6 Å². The van der Waals surface area contributed by atoms with E-state index >= 15 is 0 Å². The molecule has 2 heteroatoms. The first kappa shape index (κ1) is 11.4. The fourth-order valence-corrected chi connectivity index (χ4v) is 2.61. The maximum atomic E-state index is 12.8. The monoisotopic (exact) mass is 241 g/mol. The predicted octanol–water partition coefficient (Wildman–Crippen LogP) is 3.60. The molecule has 1 aliphatic carbocycles. The second-order valence-electron chi connectivity index (χ2n) is 4.80. The largest absolute Gasteiger partial charge is 0.306 e. The summed E-state index contributed by atoms with van der Waals surface area (Å²) >= 11 is 0. The molecule has 3 rings (SSSR count). The van der Waals surface area contributed by atoms with Gasteiger partial charge in [-0.3, -0.25) is 0 Å². The van der Waals surface area contributed by atoms with Crippen LogP contribution in [0.1, 0.15) is 29.2 Å². The first-order valence-corrected chi connectivity index (χ1v) is 6.38. The van der Waals surface area contributed by atoms with Gasteiger partial charge in [-0.2, -0.15) is 0 Å². The van der Waals surface area contributed by atoms with Crippen LogP contribution in [-0.2, 0) is 13.0 Å². The Balaban J connectivity index is 1.67. The van der Waals surface area contributed by atoms with Gasteiger partial charge in [-0.15, -0.1) is 0 Å². The predicted molar refractivity (Wildman–Crippen MR) is 70.7 cm³/mol. The Hall–Kier alpha value is -1.67.